The SMILES string of the molecule is O=C(Cc1ccc(Br)cc1)Nc1ncc(-c2ccc(CO)cc2)nc1CCC1CCCCC1.O=C(Cc1ccc(Cl)cc1)Nc1ncc(-c2ccc(CO)cc2)nc1CCC1CCCCC1.O=C(Cc1ccc(F)cc1)Nc1ncc(-c2ccc(CO)cc2)nc1CCC1CCCCC1.O=C(Cc1ccc(O)cc1)Nc1ncc(-c2ccc(CO)cc2)nc1CCC1CCCCC1. The molecule has 9 N–H and O–H groups in total. The van der Waals surface area contributed by atoms with Gasteiger partial charge < -0.3 is 46.8 Å². The topological polar surface area (TPSA) is 321 Å². The van der Waals surface area contributed by atoms with E-state index in [1.54, 1.807) is 73.3 Å². The zero-order chi connectivity index (χ0) is 92.2. The summed E-state index contributed by atoms with van der Waals surface area (Å²) in [5.74, 6) is 4.23. The van der Waals surface area contributed by atoms with E-state index in [9.17, 15) is 49.1 Å². The fourth-order valence-electron chi connectivity index (χ4n) is 17.6. The zero-order valence-electron chi connectivity index (χ0n) is 75.1. The predicted molar refractivity (Wildman–Crippen MR) is 523 cm³/mol. The Labute approximate surface area is 787 Å². The van der Waals surface area contributed by atoms with Crippen LogP contribution < -0.4 is 21.3 Å². The van der Waals surface area contributed by atoms with E-state index in [-0.39, 0.29) is 80.9 Å². The second kappa shape index (κ2) is 51.4. The van der Waals surface area contributed by atoms with Gasteiger partial charge in [0.05, 0.1) is 122 Å². The number of anilines is 4. The molecule has 4 aromatic heterocycles. The molecule has 0 atom stereocenters. The smallest absolute Gasteiger partial charge is 0.229 e. The van der Waals surface area contributed by atoms with E-state index >= 15 is 0 Å². The Morgan fingerprint density at radius 2 is 0.530 bits per heavy atom. The molecule has 4 heterocycles. The van der Waals surface area contributed by atoms with Crippen molar-refractivity contribution in [1.29, 1.82) is 0 Å². The van der Waals surface area contributed by atoms with Crippen molar-refractivity contribution in [3.05, 3.63) is 302 Å². The lowest BCUT2D eigenvalue weighted by Gasteiger charge is -2.21. The summed E-state index contributed by atoms with van der Waals surface area (Å²) in [7, 11) is 0. The molecule has 688 valence electrons. The minimum Gasteiger partial charge on any atom is -0.508 e. The largest absolute Gasteiger partial charge is 0.508 e. The van der Waals surface area contributed by atoms with E-state index in [2.05, 4.69) is 57.1 Å². The maximum absolute atomic E-state index is 13.2. The molecule has 0 unspecified atom stereocenters. The molecule has 4 fully saturated rings. The van der Waals surface area contributed by atoms with Gasteiger partial charge in [0.15, 0.2) is 23.3 Å². The predicted octanol–water partition coefficient (Wildman–Crippen LogP) is 22.6. The van der Waals surface area contributed by atoms with Gasteiger partial charge in [0.2, 0.25) is 23.6 Å². The van der Waals surface area contributed by atoms with Crippen molar-refractivity contribution in [3.8, 4) is 50.8 Å². The lowest BCUT2D eigenvalue weighted by molar-refractivity contribution is -0.116. The third-order valence-electron chi connectivity index (χ3n) is 25.3. The van der Waals surface area contributed by atoms with Crippen LogP contribution in [0.2, 0.25) is 5.02 Å². The monoisotopic (exact) mass is 1860 g/mol. The van der Waals surface area contributed by atoms with E-state index < -0.39 is 0 Å². The molecule has 21 nitrogen and oxygen atoms in total. The Bertz CT molecular complexity index is 4950. The lowest BCUT2D eigenvalue weighted by Crippen LogP contribution is -2.18. The third-order valence-corrected chi connectivity index (χ3v) is 26.1. The van der Waals surface area contributed by atoms with Crippen molar-refractivity contribution < 1.29 is 49.1 Å². The summed E-state index contributed by atoms with van der Waals surface area (Å²) in [5, 5.41) is 59.1. The number of aryl methyl sites for hydroxylation is 4. The second-order valence-electron chi connectivity index (χ2n) is 35.2. The first-order chi connectivity index (χ1) is 64.4. The highest BCUT2D eigenvalue weighted by Gasteiger charge is 2.25. The quantitative estimate of drug-likeness (QED) is 0.0189. The number of hydrogen-bond acceptors (Lipinski definition) is 17. The minimum absolute atomic E-state index is 0.00236. The number of aliphatic hydroxyl groups is 4. The van der Waals surface area contributed by atoms with Crippen LogP contribution in [0, 0.1) is 29.5 Å². The van der Waals surface area contributed by atoms with Gasteiger partial charge in [0, 0.05) is 31.7 Å². The Hall–Kier alpha value is -11.7. The summed E-state index contributed by atoms with van der Waals surface area (Å²) in [6.07, 6.45) is 40.8. The highest BCUT2D eigenvalue weighted by atomic mass is 79.9. The number of phenolic OH excluding ortho intramolecular Hbond substituents is 1. The molecule has 0 spiro atoms. The summed E-state index contributed by atoms with van der Waals surface area (Å²) in [6.45, 7) is 0.0291. The Morgan fingerprint density at radius 3 is 0.773 bits per heavy atom. The van der Waals surface area contributed by atoms with Crippen molar-refractivity contribution >= 4 is 74.4 Å². The summed E-state index contributed by atoms with van der Waals surface area (Å²) < 4.78 is 14.1. The van der Waals surface area contributed by atoms with Gasteiger partial charge in [-0.15, -0.1) is 0 Å². The van der Waals surface area contributed by atoms with E-state index in [0.717, 1.165) is 174 Å². The number of carbonyl (C=O) groups is 4. The maximum Gasteiger partial charge on any atom is 0.229 e. The number of aromatic hydroxyl groups is 1. The number of phenols is 1. The van der Waals surface area contributed by atoms with Crippen LogP contribution in [-0.4, -0.2) is 89.0 Å². The van der Waals surface area contributed by atoms with E-state index in [0.29, 0.717) is 52.5 Å². The molecule has 8 aromatic carbocycles. The number of halogens is 3. The Morgan fingerprint density at radius 1 is 0.311 bits per heavy atom. The molecule has 16 rings (SSSR count). The highest BCUT2D eigenvalue weighted by Crippen LogP contribution is 2.36. The van der Waals surface area contributed by atoms with Gasteiger partial charge in [-0.3, -0.25) is 19.2 Å². The van der Waals surface area contributed by atoms with Gasteiger partial charge in [-0.05, 0) is 168 Å². The first-order valence-corrected chi connectivity index (χ1v) is 48.0. The van der Waals surface area contributed by atoms with Crippen LogP contribution in [0.1, 0.15) is 221 Å². The van der Waals surface area contributed by atoms with Crippen LogP contribution in [0.3, 0.4) is 0 Å². The molecule has 4 amide bonds. The van der Waals surface area contributed by atoms with Crippen LogP contribution in [0.5, 0.6) is 5.75 Å². The number of nitrogens with one attached hydrogen (secondary N) is 4. The second-order valence-corrected chi connectivity index (χ2v) is 36.6. The van der Waals surface area contributed by atoms with E-state index in [1.807, 2.05) is 133 Å². The van der Waals surface area contributed by atoms with Crippen molar-refractivity contribution in [2.45, 2.75) is 232 Å². The molecule has 0 bridgehead atoms. The number of benzene rings is 8. The normalized spacial score (nSPS) is 14.2. The van der Waals surface area contributed by atoms with E-state index in [4.69, 9.17) is 31.5 Å². The van der Waals surface area contributed by atoms with Gasteiger partial charge in [-0.2, -0.15) is 0 Å². The molecular formula is C108H121BrClFN12O9. The standard InChI is InChI=1S/C27H30BrN3O2.C27H30ClN3O2.C27H30FN3O2.C27H31N3O3/c3*28-23-13-8-20(9-14-23)16-26(33)31-27-24(15-10-19-4-2-1-3-5-19)30-25(17-29-27)22-11-6-21(18-32)7-12-22;31-18-21-6-11-22(12-7-21)25-17-28-27(24(29-25)15-10-19-4-2-1-3-5-19)30-26(33)16-20-8-13-23(32)14-9-20/h3*6-9,11-14,17,19,32H,1-5,10,15-16,18H2,(H,29,31,33);6-9,11-14,17,19,31-32H,1-5,10,15-16,18H2,(H,28,30,33). The maximum atomic E-state index is 13.2. The molecule has 132 heavy (non-hydrogen) atoms. The number of nitrogens with zero attached hydrogens (tertiary/aromatic N) is 8. The van der Waals surface area contributed by atoms with Crippen LogP contribution in [-0.2, 0) is 97.0 Å². The average Bonchev–Trinajstić information content (AvgIpc) is 0.833. The highest BCUT2D eigenvalue weighted by molar-refractivity contribution is 9.10. The minimum atomic E-state index is -0.322. The summed E-state index contributed by atoms with van der Waals surface area (Å²) in [4.78, 5) is 88.7. The van der Waals surface area contributed by atoms with Crippen LogP contribution in [0.4, 0.5) is 27.7 Å². The molecule has 0 radical (unpaired) electrons. The molecule has 4 aliphatic carbocycles. The summed E-state index contributed by atoms with van der Waals surface area (Å²) >= 11 is 9.38. The van der Waals surface area contributed by atoms with Crippen molar-refractivity contribution in [2.24, 2.45) is 23.7 Å². The van der Waals surface area contributed by atoms with Crippen LogP contribution in [0.15, 0.2) is 223 Å². The number of carbonyl (C=O) groups excluding carboxylic acids is 4. The van der Waals surface area contributed by atoms with Gasteiger partial charge in [-0.25, -0.2) is 44.3 Å². The van der Waals surface area contributed by atoms with Gasteiger partial charge in [0.1, 0.15) is 11.6 Å². The van der Waals surface area contributed by atoms with Crippen molar-refractivity contribution in [1.82, 2.24) is 39.9 Å². The van der Waals surface area contributed by atoms with Crippen molar-refractivity contribution in [2.75, 3.05) is 21.3 Å². The van der Waals surface area contributed by atoms with Gasteiger partial charge in [-0.1, -0.05) is 302 Å². The zero-order valence-corrected chi connectivity index (χ0v) is 77.5. The fraction of sp³-hybridized carbons (Fsp3) is 0.370. The third kappa shape index (κ3) is 31.2. The fourth-order valence-corrected chi connectivity index (χ4v) is 18.0. The first kappa shape index (κ1) is 97.8. The molecule has 4 aliphatic rings. The Kier molecular flexibility index (Phi) is 38.1. The van der Waals surface area contributed by atoms with Crippen LogP contribution >= 0.6 is 27.5 Å². The molecule has 0 aliphatic heterocycles. The van der Waals surface area contributed by atoms with Crippen LogP contribution in [0.25, 0.3) is 45.0 Å². The van der Waals surface area contributed by atoms with E-state index in [1.165, 1.54) is 141 Å². The van der Waals surface area contributed by atoms with Gasteiger partial charge in [0.25, 0.3) is 0 Å². The number of amides is 4. The molecular weight excluding hydrogens is 1740 g/mol. The molecule has 4 saturated carbocycles. The lowest BCUT2D eigenvalue weighted by atomic mass is 9.86. The number of rotatable bonds is 32. The summed E-state index contributed by atoms with van der Waals surface area (Å²) in [5.41, 5.74) is 16.9. The number of aliphatic hydroxyl groups excluding tert-OH is 4. The average molecular weight is 1870 g/mol. The Balaban J connectivity index is 0.000000150. The number of aromatic nitrogens is 8. The molecule has 0 saturated heterocycles. The molecule has 12 aromatic rings. The first-order valence-electron chi connectivity index (χ1n) is 46.9. The van der Waals surface area contributed by atoms with Crippen molar-refractivity contribution in [3.63, 3.8) is 0 Å². The number of hydrogen-bond donors (Lipinski definition) is 9. The molecule has 24 heteroatoms. The van der Waals surface area contributed by atoms with Gasteiger partial charge >= 0.3 is 0 Å². The summed E-state index contributed by atoms with van der Waals surface area (Å²) in [6, 6.07) is 58.2.